The van der Waals surface area contributed by atoms with Crippen molar-refractivity contribution in [2.45, 2.75) is 39.2 Å². The fraction of sp³-hybridized carbons (Fsp3) is 0.750. The average Bonchev–Trinajstić information content (AvgIpc) is 2.89. The number of aryl methyl sites for hydroxylation is 1. The van der Waals surface area contributed by atoms with Gasteiger partial charge >= 0.3 is 0 Å². The van der Waals surface area contributed by atoms with Crippen LogP contribution >= 0.6 is 0 Å². The summed E-state index contributed by atoms with van der Waals surface area (Å²) < 4.78 is 7.18. The van der Waals surface area contributed by atoms with Gasteiger partial charge in [-0.3, -0.25) is 9.67 Å². The second-order valence-electron chi connectivity index (χ2n) is 6.23. The molecule has 0 aliphatic heterocycles. The monoisotopic (exact) mass is 307 g/mol. The second kappa shape index (κ2) is 8.17. The third kappa shape index (κ3) is 4.73. The van der Waals surface area contributed by atoms with Crippen molar-refractivity contribution in [3.8, 4) is 0 Å². The first kappa shape index (κ1) is 16.8. The summed E-state index contributed by atoms with van der Waals surface area (Å²) in [6, 6.07) is 0. The molecule has 124 valence electrons. The maximum Gasteiger partial charge on any atom is 0.191 e. The van der Waals surface area contributed by atoms with Crippen molar-refractivity contribution in [3.05, 3.63) is 18.0 Å². The Bertz CT molecular complexity index is 479. The zero-order valence-electron chi connectivity index (χ0n) is 14.1. The summed E-state index contributed by atoms with van der Waals surface area (Å²) in [7, 11) is 3.59. The lowest BCUT2D eigenvalue weighted by atomic mass is 9.67. The zero-order valence-corrected chi connectivity index (χ0v) is 14.1. The fourth-order valence-corrected chi connectivity index (χ4v) is 2.88. The summed E-state index contributed by atoms with van der Waals surface area (Å²) in [5, 5.41) is 11.1. The van der Waals surface area contributed by atoms with Crippen LogP contribution in [-0.4, -0.2) is 49.6 Å². The Balaban J connectivity index is 1.70. The quantitative estimate of drug-likeness (QED) is 0.565. The number of aliphatic imine (C=N–C) groups is 1. The van der Waals surface area contributed by atoms with Gasteiger partial charge in [0.1, 0.15) is 0 Å². The van der Waals surface area contributed by atoms with Gasteiger partial charge in [-0.15, -0.1) is 0 Å². The van der Waals surface area contributed by atoms with E-state index in [1.54, 1.807) is 7.11 Å². The highest BCUT2D eigenvalue weighted by Crippen LogP contribution is 2.43. The van der Waals surface area contributed by atoms with Gasteiger partial charge in [0.2, 0.25) is 0 Å². The van der Waals surface area contributed by atoms with Crippen molar-refractivity contribution in [1.82, 2.24) is 20.4 Å². The van der Waals surface area contributed by atoms with Crippen LogP contribution in [0, 0.1) is 12.3 Å². The van der Waals surface area contributed by atoms with Crippen LogP contribution in [-0.2, 0) is 11.3 Å². The summed E-state index contributed by atoms with van der Waals surface area (Å²) in [6.45, 7) is 5.51. The van der Waals surface area contributed by atoms with Gasteiger partial charge in [-0.25, -0.2) is 0 Å². The molecule has 2 rings (SSSR count). The minimum Gasteiger partial charge on any atom is -0.385 e. The van der Waals surface area contributed by atoms with Crippen LogP contribution in [0.15, 0.2) is 17.4 Å². The number of rotatable bonds is 8. The topological polar surface area (TPSA) is 63.5 Å². The van der Waals surface area contributed by atoms with Gasteiger partial charge in [0.15, 0.2) is 5.96 Å². The molecular weight excluding hydrogens is 278 g/mol. The third-order valence-corrected chi connectivity index (χ3v) is 4.50. The molecule has 6 heteroatoms. The van der Waals surface area contributed by atoms with E-state index in [1.807, 2.05) is 24.1 Å². The SMILES string of the molecule is CN=C(NCCn1cc(C)cn1)NCC1(CCOC)CCC1. The summed E-state index contributed by atoms with van der Waals surface area (Å²) >= 11 is 0. The van der Waals surface area contributed by atoms with E-state index in [1.165, 1.54) is 24.8 Å². The second-order valence-corrected chi connectivity index (χ2v) is 6.23. The first-order valence-electron chi connectivity index (χ1n) is 8.10. The maximum absolute atomic E-state index is 5.24. The van der Waals surface area contributed by atoms with Crippen LogP contribution in [0.5, 0.6) is 0 Å². The largest absolute Gasteiger partial charge is 0.385 e. The van der Waals surface area contributed by atoms with E-state index in [0.29, 0.717) is 5.41 Å². The molecule has 0 aromatic carbocycles. The summed E-state index contributed by atoms with van der Waals surface area (Å²) in [4.78, 5) is 4.30. The molecule has 0 amide bonds. The average molecular weight is 307 g/mol. The number of nitrogens with one attached hydrogen (secondary N) is 2. The number of hydrogen-bond donors (Lipinski definition) is 2. The molecule has 1 heterocycles. The molecule has 1 saturated carbocycles. The lowest BCUT2D eigenvalue weighted by Gasteiger charge is -2.42. The molecule has 0 saturated heterocycles. The molecular formula is C16H29N5O. The number of nitrogens with zero attached hydrogens (tertiary/aromatic N) is 3. The van der Waals surface area contributed by atoms with E-state index < -0.39 is 0 Å². The fourth-order valence-electron chi connectivity index (χ4n) is 2.88. The molecule has 1 aliphatic carbocycles. The predicted octanol–water partition coefficient (Wildman–Crippen LogP) is 1.56. The molecule has 0 unspecified atom stereocenters. The molecule has 22 heavy (non-hydrogen) atoms. The first-order chi connectivity index (χ1) is 10.7. The van der Waals surface area contributed by atoms with E-state index in [0.717, 1.165) is 38.6 Å². The van der Waals surface area contributed by atoms with Gasteiger partial charge in [-0.05, 0) is 37.2 Å². The lowest BCUT2D eigenvalue weighted by molar-refractivity contribution is 0.0732. The Morgan fingerprint density at radius 2 is 2.27 bits per heavy atom. The molecule has 0 bridgehead atoms. The van der Waals surface area contributed by atoms with Crippen molar-refractivity contribution in [1.29, 1.82) is 0 Å². The predicted molar refractivity (Wildman–Crippen MR) is 89.1 cm³/mol. The van der Waals surface area contributed by atoms with Crippen LogP contribution in [0.1, 0.15) is 31.2 Å². The number of methoxy groups -OCH3 is 1. The molecule has 0 atom stereocenters. The number of aromatic nitrogens is 2. The van der Waals surface area contributed by atoms with Crippen molar-refractivity contribution in [3.63, 3.8) is 0 Å². The van der Waals surface area contributed by atoms with Gasteiger partial charge in [0.25, 0.3) is 0 Å². The molecule has 6 nitrogen and oxygen atoms in total. The Labute approximate surface area is 133 Å². The van der Waals surface area contributed by atoms with Crippen LogP contribution in [0.4, 0.5) is 0 Å². The number of guanidine groups is 1. The molecule has 1 aromatic rings. The normalized spacial score (nSPS) is 17.1. The van der Waals surface area contributed by atoms with Gasteiger partial charge in [-0.2, -0.15) is 5.10 Å². The van der Waals surface area contributed by atoms with Crippen molar-refractivity contribution < 1.29 is 4.74 Å². The molecule has 1 aromatic heterocycles. The van der Waals surface area contributed by atoms with Crippen LogP contribution in [0.25, 0.3) is 0 Å². The van der Waals surface area contributed by atoms with E-state index in [2.05, 4.69) is 27.6 Å². The van der Waals surface area contributed by atoms with E-state index in [4.69, 9.17) is 4.74 Å². The molecule has 1 aliphatic rings. The minimum absolute atomic E-state index is 0.396. The summed E-state index contributed by atoms with van der Waals surface area (Å²) in [5.41, 5.74) is 1.58. The smallest absolute Gasteiger partial charge is 0.191 e. The minimum atomic E-state index is 0.396. The van der Waals surface area contributed by atoms with Crippen LogP contribution in [0.2, 0.25) is 0 Å². The van der Waals surface area contributed by atoms with Gasteiger partial charge < -0.3 is 15.4 Å². The van der Waals surface area contributed by atoms with Crippen LogP contribution in [0.3, 0.4) is 0 Å². The highest BCUT2D eigenvalue weighted by molar-refractivity contribution is 5.79. The van der Waals surface area contributed by atoms with Crippen LogP contribution < -0.4 is 10.6 Å². The van der Waals surface area contributed by atoms with Crippen molar-refractivity contribution in [2.75, 3.05) is 33.9 Å². The third-order valence-electron chi connectivity index (χ3n) is 4.50. The van der Waals surface area contributed by atoms with Gasteiger partial charge in [-0.1, -0.05) is 6.42 Å². The molecule has 2 N–H and O–H groups in total. The van der Waals surface area contributed by atoms with E-state index in [9.17, 15) is 0 Å². The molecule has 1 fully saturated rings. The van der Waals surface area contributed by atoms with Crippen molar-refractivity contribution in [2.24, 2.45) is 10.4 Å². The Kier molecular flexibility index (Phi) is 6.24. The Hall–Kier alpha value is -1.56. The van der Waals surface area contributed by atoms with Gasteiger partial charge in [0.05, 0.1) is 12.7 Å². The molecule has 0 radical (unpaired) electrons. The van der Waals surface area contributed by atoms with Crippen molar-refractivity contribution >= 4 is 5.96 Å². The van der Waals surface area contributed by atoms with E-state index in [-0.39, 0.29) is 0 Å². The Morgan fingerprint density at radius 3 is 2.82 bits per heavy atom. The number of hydrogen-bond acceptors (Lipinski definition) is 3. The Morgan fingerprint density at radius 1 is 1.45 bits per heavy atom. The first-order valence-corrected chi connectivity index (χ1v) is 8.10. The summed E-state index contributed by atoms with van der Waals surface area (Å²) in [6.07, 6.45) is 8.95. The lowest BCUT2D eigenvalue weighted by Crippen LogP contribution is -2.47. The number of ether oxygens (including phenoxy) is 1. The molecule has 0 spiro atoms. The standard InChI is InChI=1S/C16H29N5O/c1-14-11-20-21(12-14)9-8-18-15(17-2)19-13-16(5-4-6-16)7-10-22-3/h11-12H,4-10,13H2,1-3H3,(H2,17,18,19). The highest BCUT2D eigenvalue weighted by atomic mass is 16.5. The zero-order chi connectivity index (χ0) is 15.8. The van der Waals surface area contributed by atoms with Gasteiger partial charge in [0, 0.05) is 40.1 Å². The van der Waals surface area contributed by atoms with E-state index >= 15 is 0 Å². The summed E-state index contributed by atoms with van der Waals surface area (Å²) in [5.74, 6) is 0.868. The maximum atomic E-state index is 5.24. The highest BCUT2D eigenvalue weighted by Gasteiger charge is 2.36.